The number of aliphatic hydroxyl groups is 1. The summed E-state index contributed by atoms with van der Waals surface area (Å²) in [6.07, 6.45) is 0. The predicted octanol–water partition coefficient (Wildman–Crippen LogP) is 2.66. The number of amides is 1. The first-order valence-corrected chi connectivity index (χ1v) is 7.53. The lowest BCUT2D eigenvalue weighted by molar-refractivity contribution is 0.0963. The molecule has 0 aliphatic rings. The van der Waals surface area contributed by atoms with Gasteiger partial charge in [0.25, 0.3) is 5.91 Å². The van der Waals surface area contributed by atoms with Crippen LogP contribution in [0, 0.1) is 5.82 Å². The lowest BCUT2D eigenvalue weighted by Crippen LogP contribution is -2.24. The van der Waals surface area contributed by atoms with Crippen molar-refractivity contribution in [1.29, 1.82) is 0 Å². The molecule has 0 radical (unpaired) electrons. The molecule has 0 aliphatic heterocycles. The molecule has 6 heteroatoms. The molecule has 1 unspecified atom stereocenters. The molecule has 3 N–H and O–H groups in total. The van der Waals surface area contributed by atoms with Gasteiger partial charge in [-0.1, -0.05) is 29.8 Å². The first-order chi connectivity index (χ1) is 11.0. The normalized spacial score (nSPS) is 12.0. The number of nitrogens with one attached hydrogen (secondary N) is 2. The van der Waals surface area contributed by atoms with E-state index in [1.807, 2.05) is 12.1 Å². The first-order valence-electron chi connectivity index (χ1n) is 7.15. The van der Waals surface area contributed by atoms with E-state index < -0.39 is 11.9 Å². The molecule has 2 aromatic carbocycles. The van der Waals surface area contributed by atoms with Gasteiger partial charge >= 0.3 is 0 Å². The van der Waals surface area contributed by atoms with Crippen LogP contribution in [0.3, 0.4) is 0 Å². The van der Waals surface area contributed by atoms with Crippen molar-refractivity contribution in [3.8, 4) is 0 Å². The van der Waals surface area contributed by atoms with Crippen molar-refractivity contribution in [3.05, 3.63) is 70.0 Å². The molecule has 122 valence electrons. The van der Waals surface area contributed by atoms with Crippen LogP contribution in [0.2, 0.25) is 5.02 Å². The van der Waals surface area contributed by atoms with Gasteiger partial charge in [0.2, 0.25) is 0 Å². The van der Waals surface area contributed by atoms with Crippen molar-refractivity contribution >= 4 is 17.5 Å². The molecule has 0 aliphatic carbocycles. The molecular formula is C17H18ClFN2O2. The molecule has 0 spiro atoms. The Morgan fingerprint density at radius 3 is 2.52 bits per heavy atom. The average Bonchev–Trinajstić information content (AvgIpc) is 2.58. The molecule has 1 atom stereocenters. The van der Waals surface area contributed by atoms with E-state index in [0.717, 1.165) is 5.56 Å². The fourth-order valence-electron chi connectivity index (χ4n) is 2.18. The maximum absolute atomic E-state index is 13.5. The first kappa shape index (κ1) is 17.4. The second-order valence-electron chi connectivity index (χ2n) is 5.07. The molecule has 0 aromatic heterocycles. The van der Waals surface area contributed by atoms with Crippen LogP contribution < -0.4 is 10.6 Å². The standard InChI is InChI=1S/C17H18ClFN2O2/c1-20-17(23)12-4-2-11(3-5-12)9-21-16(10-22)13-6-7-14(18)15(19)8-13/h2-8,16,21-22H,9-10H2,1H3,(H,20,23). The van der Waals surface area contributed by atoms with Crippen LogP contribution in [0.25, 0.3) is 0 Å². The van der Waals surface area contributed by atoms with Gasteiger partial charge in [-0.3, -0.25) is 4.79 Å². The summed E-state index contributed by atoms with van der Waals surface area (Å²) in [7, 11) is 1.58. The van der Waals surface area contributed by atoms with Crippen LogP contribution in [-0.4, -0.2) is 24.7 Å². The SMILES string of the molecule is CNC(=O)c1ccc(CNC(CO)c2ccc(Cl)c(F)c2)cc1. The smallest absolute Gasteiger partial charge is 0.251 e. The van der Waals surface area contributed by atoms with Gasteiger partial charge in [0.1, 0.15) is 5.82 Å². The van der Waals surface area contributed by atoms with E-state index in [9.17, 15) is 14.3 Å². The summed E-state index contributed by atoms with van der Waals surface area (Å²) < 4.78 is 13.5. The van der Waals surface area contributed by atoms with Gasteiger partial charge < -0.3 is 15.7 Å². The summed E-state index contributed by atoms with van der Waals surface area (Å²) in [5.74, 6) is -0.659. The zero-order valence-electron chi connectivity index (χ0n) is 12.6. The minimum atomic E-state index is -0.514. The summed E-state index contributed by atoms with van der Waals surface area (Å²) in [5, 5.41) is 15.3. The Balaban J connectivity index is 2.02. The van der Waals surface area contributed by atoms with Gasteiger partial charge in [0.15, 0.2) is 0 Å². The van der Waals surface area contributed by atoms with Crippen LogP contribution in [-0.2, 0) is 6.54 Å². The largest absolute Gasteiger partial charge is 0.394 e. The van der Waals surface area contributed by atoms with E-state index in [0.29, 0.717) is 17.7 Å². The third-order valence-corrected chi connectivity index (χ3v) is 3.83. The highest BCUT2D eigenvalue weighted by molar-refractivity contribution is 6.30. The van der Waals surface area contributed by atoms with E-state index in [-0.39, 0.29) is 17.5 Å². The van der Waals surface area contributed by atoms with E-state index in [2.05, 4.69) is 10.6 Å². The number of carbonyl (C=O) groups excluding carboxylic acids is 1. The minimum Gasteiger partial charge on any atom is -0.394 e. The molecule has 0 fully saturated rings. The number of rotatable bonds is 6. The lowest BCUT2D eigenvalue weighted by Gasteiger charge is -2.17. The van der Waals surface area contributed by atoms with Crippen LogP contribution in [0.15, 0.2) is 42.5 Å². The van der Waals surface area contributed by atoms with E-state index >= 15 is 0 Å². The molecule has 23 heavy (non-hydrogen) atoms. The number of aliphatic hydroxyl groups excluding tert-OH is 1. The lowest BCUT2D eigenvalue weighted by atomic mass is 10.1. The van der Waals surface area contributed by atoms with Gasteiger partial charge in [0.05, 0.1) is 17.7 Å². The van der Waals surface area contributed by atoms with Gasteiger partial charge in [-0.25, -0.2) is 4.39 Å². The zero-order valence-corrected chi connectivity index (χ0v) is 13.4. The molecule has 0 heterocycles. The van der Waals surface area contributed by atoms with Crippen molar-refractivity contribution < 1.29 is 14.3 Å². The van der Waals surface area contributed by atoms with Crippen molar-refractivity contribution in [2.45, 2.75) is 12.6 Å². The fourth-order valence-corrected chi connectivity index (χ4v) is 2.29. The zero-order chi connectivity index (χ0) is 16.8. The molecular weight excluding hydrogens is 319 g/mol. The third-order valence-electron chi connectivity index (χ3n) is 3.52. The summed E-state index contributed by atoms with van der Waals surface area (Å²) in [4.78, 5) is 11.5. The van der Waals surface area contributed by atoms with Crippen molar-refractivity contribution in [2.75, 3.05) is 13.7 Å². The maximum Gasteiger partial charge on any atom is 0.251 e. The fraction of sp³-hybridized carbons (Fsp3) is 0.235. The molecule has 0 saturated carbocycles. The monoisotopic (exact) mass is 336 g/mol. The van der Waals surface area contributed by atoms with Crippen LogP contribution in [0.5, 0.6) is 0 Å². The van der Waals surface area contributed by atoms with Crippen LogP contribution >= 0.6 is 11.6 Å². The Morgan fingerprint density at radius 1 is 1.26 bits per heavy atom. The van der Waals surface area contributed by atoms with Crippen LogP contribution in [0.4, 0.5) is 4.39 Å². The number of hydrogen-bond donors (Lipinski definition) is 3. The molecule has 0 bridgehead atoms. The molecule has 1 amide bonds. The number of benzene rings is 2. The Kier molecular flexibility index (Phi) is 6.10. The van der Waals surface area contributed by atoms with Crippen molar-refractivity contribution in [2.24, 2.45) is 0 Å². The van der Waals surface area contributed by atoms with E-state index in [1.165, 1.54) is 12.1 Å². The predicted molar refractivity (Wildman–Crippen MR) is 87.9 cm³/mol. The minimum absolute atomic E-state index is 0.0511. The summed E-state index contributed by atoms with van der Waals surface area (Å²) in [5.41, 5.74) is 2.15. The number of hydrogen-bond acceptors (Lipinski definition) is 3. The highest BCUT2D eigenvalue weighted by Gasteiger charge is 2.12. The Labute approximate surface area is 139 Å². The quantitative estimate of drug-likeness (QED) is 0.760. The number of halogens is 2. The molecule has 2 aromatic rings. The topological polar surface area (TPSA) is 61.4 Å². The highest BCUT2D eigenvalue weighted by Crippen LogP contribution is 2.20. The molecule has 2 rings (SSSR count). The average molecular weight is 337 g/mol. The van der Waals surface area contributed by atoms with E-state index in [4.69, 9.17) is 11.6 Å². The van der Waals surface area contributed by atoms with Crippen molar-refractivity contribution in [1.82, 2.24) is 10.6 Å². The van der Waals surface area contributed by atoms with Crippen molar-refractivity contribution in [3.63, 3.8) is 0 Å². The number of carbonyl (C=O) groups is 1. The summed E-state index contributed by atoms with van der Waals surface area (Å²) in [6, 6.07) is 11.2. The van der Waals surface area contributed by atoms with E-state index in [1.54, 1.807) is 25.2 Å². The van der Waals surface area contributed by atoms with Gasteiger partial charge in [-0.2, -0.15) is 0 Å². The van der Waals surface area contributed by atoms with Gasteiger partial charge in [-0.15, -0.1) is 0 Å². The Bertz CT molecular complexity index is 677. The Hall–Kier alpha value is -1.95. The highest BCUT2D eigenvalue weighted by atomic mass is 35.5. The summed E-state index contributed by atoms with van der Waals surface area (Å²) >= 11 is 5.66. The third kappa shape index (κ3) is 4.51. The maximum atomic E-state index is 13.5. The Morgan fingerprint density at radius 2 is 1.96 bits per heavy atom. The van der Waals surface area contributed by atoms with Gasteiger partial charge in [-0.05, 0) is 35.4 Å². The molecule has 4 nitrogen and oxygen atoms in total. The molecule has 0 saturated heterocycles. The summed E-state index contributed by atoms with van der Waals surface area (Å²) in [6.45, 7) is 0.306. The van der Waals surface area contributed by atoms with Gasteiger partial charge in [0, 0.05) is 19.2 Å². The van der Waals surface area contributed by atoms with Crippen LogP contribution in [0.1, 0.15) is 27.5 Å². The second kappa shape index (κ2) is 8.06. The second-order valence-corrected chi connectivity index (χ2v) is 5.47.